The number of hydrogen-bond donors (Lipinski definition) is 1. The van der Waals surface area contributed by atoms with Crippen LogP contribution in [0.25, 0.3) is 0 Å². The molecule has 0 aliphatic carbocycles. The van der Waals surface area contributed by atoms with Gasteiger partial charge in [-0.15, -0.1) is 0 Å². The van der Waals surface area contributed by atoms with E-state index in [1.165, 1.54) is 11.8 Å². The number of nitrogens with one attached hydrogen (secondary N) is 1. The third-order valence-corrected chi connectivity index (χ3v) is 2.77. The van der Waals surface area contributed by atoms with E-state index in [0.717, 1.165) is 11.4 Å². The number of nitrogens with zero attached hydrogens (tertiary/aromatic N) is 5. The summed E-state index contributed by atoms with van der Waals surface area (Å²) in [4.78, 5) is 20.7. The molecule has 0 aromatic carbocycles. The van der Waals surface area contributed by atoms with Gasteiger partial charge in [0.2, 0.25) is 11.1 Å². The topological polar surface area (TPSA) is 85.7 Å². The summed E-state index contributed by atoms with van der Waals surface area (Å²) in [6.07, 6.45) is 5.79. The van der Waals surface area contributed by atoms with E-state index < -0.39 is 0 Å². The highest BCUT2D eigenvalue weighted by Crippen LogP contribution is 2.23. The summed E-state index contributed by atoms with van der Waals surface area (Å²) in [6, 6.07) is 0.313. The summed E-state index contributed by atoms with van der Waals surface area (Å²) in [7, 11) is 1.75. The van der Waals surface area contributed by atoms with Crippen molar-refractivity contribution in [3.05, 3.63) is 18.6 Å². The Morgan fingerprint density at radius 1 is 1.26 bits per heavy atom. The third-order valence-electron chi connectivity index (χ3n) is 1.99. The molecule has 0 atom stereocenters. The molecule has 2 heterocycles. The summed E-state index contributed by atoms with van der Waals surface area (Å²) in [5, 5.41) is 4.12. The highest BCUT2D eigenvalue weighted by molar-refractivity contribution is 7.99. The Morgan fingerprint density at radius 2 is 2.16 bits per heavy atom. The molecule has 0 spiro atoms. The van der Waals surface area contributed by atoms with Crippen molar-refractivity contribution >= 4 is 17.7 Å². The summed E-state index contributed by atoms with van der Waals surface area (Å²) in [5.41, 5.74) is 0. The van der Waals surface area contributed by atoms with E-state index in [9.17, 15) is 0 Å². The Hall–Kier alpha value is -1.96. The van der Waals surface area contributed by atoms with Crippen molar-refractivity contribution in [1.29, 1.82) is 0 Å². The average Bonchev–Trinajstić information content (AvgIpc) is 2.46. The minimum atomic E-state index is 0.313. The maximum Gasteiger partial charge on any atom is 0.322 e. The second-order valence-corrected chi connectivity index (χ2v) is 4.46. The van der Waals surface area contributed by atoms with Crippen molar-refractivity contribution < 1.29 is 4.74 Å². The summed E-state index contributed by atoms with van der Waals surface area (Å²) < 4.78 is 5.42. The van der Waals surface area contributed by atoms with Crippen LogP contribution in [0.3, 0.4) is 0 Å². The third kappa shape index (κ3) is 4.02. The minimum Gasteiger partial charge on any atom is -0.463 e. The molecule has 0 saturated carbocycles. The van der Waals surface area contributed by atoms with Crippen LogP contribution in [0.15, 0.2) is 28.8 Å². The Balaban J connectivity index is 2.19. The lowest BCUT2D eigenvalue weighted by Crippen LogP contribution is -2.05. The van der Waals surface area contributed by atoms with Crippen molar-refractivity contribution in [2.45, 2.75) is 23.5 Å². The molecule has 2 aromatic rings. The van der Waals surface area contributed by atoms with Gasteiger partial charge >= 0.3 is 6.01 Å². The van der Waals surface area contributed by atoms with Gasteiger partial charge in [0.05, 0.1) is 12.8 Å². The van der Waals surface area contributed by atoms with Gasteiger partial charge in [-0.25, -0.2) is 4.98 Å². The number of aromatic nitrogens is 5. The molecule has 19 heavy (non-hydrogen) atoms. The van der Waals surface area contributed by atoms with Gasteiger partial charge in [0.25, 0.3) is 0 Å². The molecule has 0 saturated heterocycles. The van der Waals surface area contributed by atoms with E-state index in [0.29, 0.717) is 23.7 Å². The predicted molar refractivity (Wildman–Crippen MR) is 71.3 cm³/mol. The number of hydrogen-bond acceptors (Lipinski definition) is 8. The maximum atomic E-state index is 5.42. The zero-order valence-electron chi connectivity index (χ0n) is 10.7. The van der Waals surface area contributed by atoms with E-state index in [2.05, 4.69) is 30.2 Å². The van der Waals surface area contributed by atoms with Crippen LogP contribution in [-0.4, -0.2) is 38.6 Å². The van der Waals surface area contributed by atoms with Crippen LogP contribution in [-0.2, 0) is 0 Å². The van der Waals surface area contributed by atoms with Crippen LogP contribution in [0.1, 0.15) is 13.3 Å². The Kier molecular flexibility index (Phi) is 4.85. The first-order chi connectivity index (χ1) is 9.31. The van der Waals surface area contributed by atoms with Crippen molar-refractivity contribution in [2.75, 3.05) is 19.0 Å². The molecule has 0 aliphatic heterocycles. The quantitative estimate of drug-likeness (QED) is 0.853. The number of anilines is 1. The van der Waals surface area contributed by atoms with E-state index in [1.807, 2.05) is 6.92 Å². The molecule has 0 unspecified atom stereocenters. The first-order valence-electron chi connectivity index (χ1n) is 5.82. The van der Waals surface area contributed by atoms with E-state index in [4.69, 9.17) is 4.74 Å². The van der Waals surface area contributed by atoms with E-state index in [-0.39, 0.29) is 0 Å². The smallest absolute Gasteiger partial charge is 0.322 e. The monoisotopic (exact) mass is 278 g/mol. The molecule has 0 aliphatic rings. The van der Waals surface area contributed by atoms with Gasteiger partial charge in [0, 0.05) is 19.4 Å². The van der Waals surface area contributed by atoms with Crippen molar-refractivity contribution in [2.24, 2.45) is 0 Å². The van der Waals surface area contributed by atoms with Crippen molar-refractivity contribution in [3.8, 4) is 6.01 Å². The maximum absolute atomic E-state index is 5.42. The van der Waals surface area contributed by atoms with Gasteiger partial charge in [-0.05, 0) is 18.2 Å². The molecule has 0 amide bonds. The molecular formula is C11H14N6OS. The molecule has 2 rings (SSSR count). The zero-order chi connectivity index (χ0) is 13.5. The second-order valence-electron chi connectivity index (χ2n) is 3.47. The van der Waals surface area contributed by atoms with Crippen LogP contribution in [0.5, 0.6) is 6.01 Å². The fourth-order valence-electron chi connectivity index (χ4n) is 1.19. The van der Waals surface area contributed by atoms with Gasteiger partial charge in [-0.1, -0.05) is 6.92 Å². The molecule has 8 heteroatoms. The molecule has 7 nitrogen and oxygen atoms in total. The predicted octanol–water partition coefficient (Wildman–Crippen LogP) is 1.64. The number of rotatable bonds is 6. The summed E-state index contributed by atoms with van der Waals surface area (Å²) >= 11 is 1.31. The molecule has 2 aromatic heterocycles. The highest BCUT2D eigenvalue weighted by atomic mass is 32.2. The van der Waals surface area contributed by atoms with Crippen LogP contribution in [0, 0.1) is 0 Å². The van der Waals surface area contributed by atoms with Crippen molar-refractivity contribution in [3.63, 3.8) is 0 Å². The second kappa shape index (κ2) is 6.83. The Bertz CT molecular complexity index is 524. The molecule has 0 bridgehead atoms. The van der Waals surface area contributed by atoms with Crippen LogP contribution in [0.2, 0.25) is 0 Å². The lowest BCUT2D eigenvalue weighted by molar-refractivity contribution is 0.288. The number of ether oxygens (including phenoxy) is 1. The molecule has 100 valence electrons. The SMILES string of the molecule is CCCOc1nc(NC)nc(Sc2cnccn2)n1. The van der Waals surface area contributed by atoms with Crippen LogP contribution in [0.4, 0.5) is 5.95 Å². The Morgan fingerprint density at radius 3 is 2.84 bits per heavy atom. The fourth-order valence-corrected chi connectivity index (χ4v) is 1.86. The van der Waals surface area contributed by atoms with Gasteiger partial charge in [-0.3, -0.25) is 4.98 Å². The normalized spacial score (nSPS) is 10.2. The zero-order valence-corrected chi connectivity index (χ0v) is 11.5. The largest absolute Gasteiger partial charge is 0.463 e. The molecule has 0 radical (unpaired) electrons. The fraction of sp³-hybridized carbons (Fsp3) is 0.364. The minimum absolute atomic E-state index is 0.313. The van der Waals surface area contributed by atoms with Gasteiger partial charge < -0.3 is 10.1 Å². The van der Waals surface area contributed by atoms with Gasteiger partial charge in [0.1, 0.15) is 5.03 Å². The van der Waals surface area contributed by atoms with E-state index in [1.54, 1.807) is 25.6 Å². The van der Waals surface area contributed by atoms with Crippen molar-refractivity contribution in [1.82, 2.24) is 24.9 Å². The lowest BCUT2D eigenvalue weighted by Gasteiger charge is -2.06. The standard InChI is InChI=1S/C11H14N6OS/c1-3-6-18-10-15-9(12-2)16-11(17-10)19-8-7-13-4-5-14-8/h4-5,7H,3,6H2,1-2H3,(H,12,15,16,17). The first-order valence-corrected chi connectivity index (χ1v) is 6.64. The van der Waals surface area contributed by atoms with E-state index >= 15 is 0 Å². The summed E-state index contributed by atoms with van der Waals surface area (Å²) in [6.45, 7) is 2.60. The highest BCUT2D eigenvalue weighted by Gasteiger charge is 2.08. The molecule has 1 N–H and O–H groups in total. The average molecular weight is 278 g/mol. The van der Waals surface area contributed by atoms with Gasteiger partial charge in [0.15, 0.2) is 0 Å². The van der Waals surface area contributed by atoms with Crippen LogP contribution < -0.4 is 10.1 Å². The van der Waals surface area contributed by atoms with Gasteiger partial charge in [-0.2, -0.15) is 15.0 Å². The Labute approximate surface area is 115 Å². The lowest BCUT2D eigenvalue weighted by atomic mass is 10.5. The van der Waals surface area contributed by atoms with Crippen LogP contribution >= 0.6 is 11.8 Å². The summed E-state index contributed by atoms with van der Waals surface area (Å²) in [5.74, 6) is 0.465. The molecule has 0 fully saturated rings. The first kappa shape index (κ1) is 13.5. The molecular weight excluding hydrogens is 264 g/mol.